The number of para-hydroxylation sites is 1. The van der Waals surface area contributed by atoms with E-state index >= 15 is 0 Å². The molecule has 0 aliphatic carbocycles. The zero-order chi connectivity index (χ0) is 18.8. The maximum absolute atomic E-state index is 13.0. The van der Waals surface area contributed by atoms with Gasteiger partial charge < -0.3 is 14.4 Å². The van der Waals surface area contributed by atoms with E-state index in [4.69, 9.17) is 9.47 Å². The molecular weight excluding hydrogens is 340 g/mol. The number of rotatable bonds is 4. The maximum atomic E-state index is 13.0. The second kappa shape index (κ2) is 7.27. The van der Waals surface area contributed by atoms with Crippen molar-refractivity contribution < 1.29 is 14.3 Å². The van der Waals surface area contributed by atoms with Crippen LogP contribution in [0.3, 0.4) is 0 Å². The van der Waals surface area contributed by atoms with Gasteiger partial charge >= 0.3 is 0 Å². The Kier molecular flexibility index (Phi) is 4.67. The predicted molar refractivity (Wildman–Crippen MR) is 105 cm³/mol. The van der Waals surface area contributed by atoms with Crippen LogP contribution < -0.4 is 9.47 Å². The Balaban J connectivity index is 1.56. The van der Waals surface area contributed by atoms with Gasteiger partial charge in [-0.15, -0.1) is 0 Å². The summed E-state index contributed by atoms with van der Waals surface area (Å²) < 4.78 is 10.9. The molecular formula is C22H22N2O3. The molecule has 1 aliphatic heterocycles. The van der Waals surface area contributed by atoms with Crippen molar-refractivity contribution in [3.8, 4) is 11.5 Å². The number of methoxy groups -OCH3 is 2. The van der Waals surface area contributed by atoms with Gasteiger partial charge in [-0.05, 0) is 36.8 Å². The summed E-state index contributed by atoms with van der Waals surface area (Å²) in [6, 6.07) is 17.4. The maximum Gasteiger partial charge on any atom is 0.272 e. The van der Waals surface area contributed by atoms with Crippen LogP contribution in [0.1, 0.15) is 28.4 Å². The van der Waals surface area contributed by atoms with Gasteiger partial charge in [0.1, 0.15) is 17.2 Å². The zero-order valence-corrected chi connectivity index (χ0v) is 15.5. The van der Waals surface area contributed by atoms with E-state index in [1.54, 1.807) is 14.2 Å². The third kappa shape index (κ3) is 3.33. The number of nitrogens with zero attached hydrogens (tertiary/aromatic N) is 2. The summed E-state index contributed by atoms with van der Waals surface area (Å²) in [6.45, 7) is 1.36. The van der Waals surface area contributed by atoms with Crippen molar-refractivity contribution in [2.75, 3.05) is 27.3 Å². The van der Waals surface area contributed by atoms with Crippen molar-refractivity contribution in [1.82, 2.24) is 9.88 Å². The fraction of sp³-hybridized carbons (Fsp3) is 0.273. The van der Waals surface area contributed by atoms with Gasteiger partial charge in [-0.1, -0.05) is 24.3 Å². The van der Waals surface area contributed by atoms with Crippen LogP contribution in [-0.2, 0) is 0 Å². The first-order valence-electron chi connectivity index (χ1n) is 9.06. The van der Waals surface area contributed by atoms with Crippen molar-refractivity contribution in [2.24, 2.45) is 0 Å². The molecule has 0 radical (unpaired) electrons. The van der Waals surface area contributed by atoms with Gasteiger partial charge in [-0.2, -0.15) is 0 Å². The highest BCUT2D eigenvalue weighted by Gasteiger charge is 2.30. The molecule has 4 rings (SSSR count). The molecule has 138 valence electrons. The zero-order valence-electron chi connectivity index (χ0n) is 15.5. The number of hydrogen-bond donors (Lipinski definition) is 0. The summed E-state index contributed by atoms with van der Waals surface area (Å²) >= 11 is 0. The van der Waals surface area contributed by atoms with Gasteiger partial charge in [0.2, 0.25) is 0 Å². The van der Waals surface area contributed by atoms with Crippen LogP contribution in [0.5, 0.6) is 11.5 Å². The molecule has 0 saturated carbocycles. The number of carbonyl (C=O) groups is 1. The molecule has 0 spiro atoms. The SMILES string of the molecule is COc1ccc(OC)c(C2CCN(C(=O)c3ccc4ccccc4n3)C2)c1. The lowest BCUT2D eigenvalue weighted by molar-refractivity contribution is 0.0785. The molecule has 0 bridgehead atoms. The number of hydrogen-bond acceptors (Lipinski definition) is 4. The first-order valence-corrected chi connectivity index (χ1v) is 9.06. The van der Waals surface area contributed by atoms with E-state index in [0.717, 1.165) is 34.4 Å². The Hall–Kier alpha value is -3.08. The lowest BCUT2D eigenvalue weighted by atomic mass is 9.97. The number of aromatic nitrogens is 1. The number of amides is 1. The first-order chi connectivity index (χ1) is 13.2. The topological polar surface area (TPSA) is 51.7 Å². The molecule has 3 aromatic rings. The summed E-state index contributed by atoms with van der Waals surface area (Å²) in [7, 11) is 3.32. The lowest BCUT2D eigenvalue weighted by Gasteiger charge is -2.18. The molecule has 1 unspecified atom stereocenters. The van der Waals surface area contributed by atoms with Crippen molar-refractivity contribution in [2.45, 2.75) is 12.3 Å². The van der Waals surface area contributed by atoms with Crippen LogP contribution >= 0.6 is 0 Å². The molecule has 1 atom stereocenters. The van der Waals surface area contributed by atoms with Crippen LogP contribution in [0, 0.1) is 0 Å². The van der Waals surface area contributed by atoms with E-state index in [-0.39, 0.29) is 11.8 Å². The summed E-state index contributed by atoms with van der Waals surface area (Å²) in [5.74, 6) is 1.83. The molecule has 1 amide bonds. The molecule has 1 aromatic heterocycles. The Bertz CT molecular complexity index is 986. The molecule has 5 nitrogen and oxygen atoms in total. The van der Waals surface area contributed by atoms with Gasteiger partial charge in [-0.25, -0.2) is 4.98 Å². The van der Waals surface area contributed by atoms with E-state index in [9.17, 15) is 4.79 Å². The smallest absolute Gasteiger partial charge is 0.272 e. The van der Waals surface area contributed by atoms with Crippen LogP contribution in [-0.4, -0.2) is 43.1 Å². The van der Waals surface area contributed by atoms with Crippen molar-refractivity contribution in [3.63, 3.8) is 0 Å². The average molecular weight is 362 g/mol. The van der Waals surface area contributed by atoms with E-state index in [0.29, 0.717) is 18.8 Å². The Morgan fingerprint density at radius 1 is 1.07 bits per heavy atom. The Morgan fingerprint density at radius 3 is 2.74 bits per heavy atom. The molecule has 27 heavy (non-hydrogen) atoms. The van der Waals surface area contributed by atoms with Gasteiger partial charge in [-0.3, -0.25) is 4.79 Å². The van der Waals surface area contributed by atoms with E-state index < -0.39 is 0 Å². The third-order valence-corrected chi connectivity index (χ3v) is 5.17. The minimum absolute atomic E-state index is 0.0230. The van der Waals surface area contributed by atoms with Gasteiger partial charge in [0.15, 0.2) is 0 Å². The van der Waals surface area contributed by atoms with E-state index in [1.807, 2.05) is 59.5 Å². The number of likely N-dealkylation sites (tertiary alicyclic amines) is 1. The van der Waals surface area contributed by atoms with Crippen molar-refractivity contribution in [1.29, 1.82) is 0 Å². The van der Waals surface area contributed by atoms with E-state index in [2.05, 4.69) is 4.98 Å². The van der Waals surface area contributed by atoms with Gasteiger partial charge in [0.25, 0.3) is 5.91 Å². The van der Waals surface area contributed by atoms with Crippen LogP contribution in [0.4, 0.5) is 0 Å². The number of carbonyl (C=O) groups excluding carboxylic acids is 1. The quantitative estimate of drug-likeness (QED) is 0.707. The fourth-order valence-electron chi connectivity index (χ4n) is 3.70. The summed E-state index contributed by atoms with van der Waals surface area (Å²) in [5.41, 5.74) is 2.42. The number of benzene rings is 2. The normalized spacial score (nSPS) is 16.5. The highest BCUT2D eigenvalue weighted by Crippen LogP contribution is 2.36. The van der Waals surface area contributed by atoms with E-state index in [1.165, 1.54) is 0 Å². The van der Waals surface area contributed by atoms with Crippen LogP contribution in [0.25, 0.3) is 10.9 Å². The second-order valence-corrected chi connectivity index (χ2v) is 6.73. The van der Waals surface area contributed by atoms with Crippen molar-refractivity contribution in [3.05, 3.63) is 65.9 Å². The highest BCUT2D eigenvalue weighted by atomic mass is 16.5. The number of pyridine rings is 1. The highest BCUT2D eigenvalue weighted by molar-refractivity contribution is 5.95. The largest absolute Gasteiger partial charge is 0.497 e. The Morgan fingerprint density at radius 2 is 1.93 bits per heavy atom. The molecule has 1 fully saturated rings. The molecule has 2 aromatic carbocycles. The molecule has 1 aliphatic rings. The van der Waals surface area contributed by atoms with Crippen molar-refractivity contribution >= 4 is 16.8 Å². The minimum Gasteiger partial charge on any atom is -0.497 e. The monoisotopic (exact) mass is 362 g/mol. The number of ether oxygens (including phenoxy) is 2. The second-order valence-electron chi connectivity index (χ2n) is 6.73. The summed E-state index contributed by atoms with van der Waals surface area (Å²) in [4.78, 5) is 19.4. The first kappa shape index (κ1) is 17.3. The minimum atomic E-state index is -0.0230. The summed E-state index contributed by atoms with van der Waals surface area (Å²) in [6.07, 6.45) is 0.892. The molecule has 1 saturated heterocycles. The van der Waals surface area contributed by atoms with Gasteiger partial charge in [0, 0.05) is 30.0 Å². The molecule has 0 N–H and O–H groups in total. The third-order valence-electron chi connectivity index (χ3n) is 5.17. The predicted octanol–water partition coefficient (Wildman–Crippen LogP) is 3.88. The van der Waals surface area contributed by atoms with Crippen LogP contribution in [0.2, 0.25) is 0 Å². The standard InChI is InChI=1S/C22H22N2O3/c1-26-17-8-10-21(27-2)18(13-17)16-11-12-24(14-16)22(25)20-9-7-15-5-3-4-6-19(15)23-20/h3-10,13,16H,11-12,14H2,1-2H3. The molecule has 5 heteroatoms. The van der Waals surface area contributed by atoms with Gasteiger partial charge in [0.05, 0.1) is 19.7 Å². The Labute approximate surface area is 158 Å². The average Bonchev–Trinajstić information content (AvgIpc) is 3.22. The summed E-state index contributed by atoms with van der Waals surface area (Å²) in [5, 5.41) is 1.04. The molecule has 2 heterocycles. The number of fused-ring (bicyclic) bond motifs is 1. The fourth-order valence-corrected chi connectivity index (χ4v) is 3.70. The lowest BCUT2D eigenvalue weighted by Crippen LogP contribution is -2.29. The van der Waals surface area contributed by atoms with Crippen LogP contribution in [0.15, 0.2) is 54.6 Å².